The average Bonchev–Trinajstić information content (AvgIpc) is 2.70. The van der Waals surface area contributed by atoms with Crippen LogP contribution in [0.1, 0.15) is 17.3 Å². The number of carbonyl (C=O) groups is 2. The van der Waals surface area contributed by atoms with E-state index in [1.54, 1.807) is 36.4 Å². The lowest BCUT2D eigenvalue weighted by Gasteiger charge is -2.09. The van der Waals surface area contributed by atoms with Gasteiger partial charge < -0.3 is 10.6 Å². The predicted molar refractivity (Wildman–Crippen MR) is 107 cm³/mol. The first kappa shape index (κ1) is 19.9. The van der Waals surface area contributed by atoms with Crippen LogP contribution < -0.4 is 16.2 Å². The second-order valence-electron chi connectivity index (χ2n) is 6.33. The summed E-state index contributed by atoms with van der Waals surface area (Å²) in [5.74, 6) is -0.836. The predicted octanol–water partition coefficient (Wildman–Crippen LogP) is 2.44. The van der Waals surface area contributed by atoms with Crippen LogP contribution >= 0.6 is 0 Å². The average molecular weight is 394 g/mol. The van der Waals surface area contributed by atoms with E-state index in [1.165, 1.54) is 36.0 Å². The monoisotopic (exact) mass is 394 g/mol. The normalized spacial score (nSPS) is 10.4. The fraction of sp³-hybridized carbons (Fsp3) is 0.143. The summed E-state index contributed by atoms with van der Waals surface area (Å²) >= 11 is 0. The second-order valence-corrected chi connectivity index (χ2v) is 6.33. The van der Waals surface area contributed by atoms with Crippen LogP contribution in [0.4, 0.5) is 10.1 Å². The topological polar surface area (TPSA) is 93.1 Å². The minimum atomic E-state index is -0.359. The highest BCUT2D eigenvalue weighted by Crippen LogP contribution is 2.15. The number of aromatic nitrogens is 2. The fourth-order valence-electron chi connectivity index (χ4n) is 2.67. The van der Waals surface area contributed by atoms with Crippen molar-refractivity contribution in [3.63, 3.8) is 0 Å². The van der Waals surface area contributed by atoms with Crippen LogP contribution in [0.15, 0.2) is 65.7 Å². The van der Waals surface area contributed by atoms with Gasteiger partial charge in [0.2, 0.25) is 5.91 Å². The number of amides is 2. The lowest BCUT2D eigenvalue weighted by atomic mass is 10.1. The maximum absolute atomic E-state index is 13.0. The Hall–Kier alpha value is -3.81. The molecule has 148 valence electrons. The van der Waals surface area contributed by atoms with Gasteiger partial charge in [-0.3, -0.25) is 19.0 Å². The van der Waals surface area contributed by atoms with Crippen molar-refractivity contribution in [3.8, 4) is 11.3 Å². The van der Waals surface area contributed by atoms with Gasteiger partial charge in [0, 0.05) is 42.9 Å². The van der Waals surface area contributed by atoms with Crippen LogP contribution in [0.25, 0.3) is 11.3 Å². The van der Waals surface area contributed by atoms with Crippen LogP contribution in [-0.4, -0.2) is 27.9 Å². The van der Waals surface area contributed by atoms with Gasteiger partial charge in [-0.05, 0) is 48.5 Å². The minimum Gasteiger partial charge on any atom is -0.350 e. The molecule has 7 nitrogen and oxygen atoms in total. The van der Waals surface area contributed by atoms with Crippen molar-refractivity contribution >= 4 is 17.5 Å². The number of hydrogen-bond acceptors (Lipinski definition) is 4. The highest BCUT2D eigenvalue weighted by atomic mass is 19.1. The fourth-order valence-corrected chi connectivity index (χ4v) is 2.67. The lowest BCUT2D eigenvalue weighted by Crippen LogP contribution is -2.30. The number of benzene rings is 2. The first-order valence-corrected chi connectivity index (χ1v) is 8.90. The quantitative estimate of drug-likeness (QED) is 0.672. The van der Waals surface area contributed by atoms with Crippen molar-refractivity contribution in [1.82, 2.24) is 14.9 Å². The Morgan fingerprint density at radius 3 is 2.38 bits per heavy atom. The Bertz CT molecular complexity index is 1080. The number of halogens is 1. The Kier molecular flexibility index (Phi) is 6.13. The Labute approximate surface area is 166 Å². The van der Waals surface area contributed by atoms with Gasteiger partial charge in [0.25, 0.3) is 11.5 Å². The zero-order chi connectivity index (χ0) is 20.8. The lowest BCUT2D eigenvalue weighted by molar-refractivity contribution is -0.114. The Morgan fingerprint density at radius 2 is 1.76 bits per heavy atom. The molecule has 0 fully saturated rings. The number of carbonyl (C=O) groups excluding carboxylic acids is 2. The van der Waals surface area contributed by atoms with Gasteiger partial charge >= 0.3 is 0 Å². The van der Waals surface area contributed by atoms with Gasteiger partial charge in [-0.1, -0.05) is 0 Å². The second kappa shape index (κ2) is 8.92. The van der Waals surface area contributed by atoms with Gasteiger partial charge in [-0.25, -0.2) is 9.37 Å². The molecule has 3 aromatic rings. The summed E-state index contributed by atoms with van der Waals surface area (Å²) in [4.78, 5) is 39.7. The summed E-state index contributed by atoms with van der Waals surface area (Å²) in [5, 5.41) is 5.36. The molecule has 1 heterocycles. The van der Waals surface area contributed by atoms with Crippen molar-refractivity contribution in [2.24, 2.45) is 0 Å². The van der Waals surface area contributed by atoms with Gasteiger partial charge in [0.15, 0.2) is 0 Å². The van der Waals surface area contributed by atoms with Crippen LogP contribution in [0.2, 0.25) is 0 Å². The molecule has 0 unspecified atom stereocenters. The maximum atomic E-state index is 13.0. The first-order valence-electron chi connectivity index (χ1n) is 8.90. The third-order valence-corrected chi connectivity index (χ3v) is 4.13. The van der Waals surface area contributed by atoms with E-state index < -0.39 is 0 Å². The zero-order valence-corrected chi connectivity index (χ0v) is 15.7. The van der Waals surface area contributed by atoms with Gasteiger partial charge in [0.05, 0.1) is 12.0 Å². The summed E-state index contributed by atoms with van der Waals surface area (Å²) in [6.45, 7) is 1.90. The van der Waals surface area contributed by atoms with Crippen LogP contribution in [-0.2, 0) is 11.3 Å². The number of hydrogen-bond donors (Lipinski definition) is 2. The van der Waals surface area contributed by atoms with Gasteiger partial charge in [-0.15, -0.1) is 0 Å². The summed E-state index contributed by atoms with van der Waals surface area (Å²) in [6, 6.07) is 13.6. The van der Waals surface area contributed by atoms with E-state index in [4.69, 9.17) is 0 Å². The molecule has 3 rings (SSSR count). The summed E-state index contributed by atoms with van der Waals surface area (Å²) in [5.41, 5.74) is 1.87. The maximum Gasteiger partial charge on any atom is 0.253 e. The molecule has 1 aromatic heterocycles. The molecule has 0 spiro atoms. The SMILES string of the molecule is CC(=O)Nc1ccc(C(=O)NCCn2cnc(-c3ccc(F)cc3)cc2=O)cc1. The molecule has 0 saturated heterocycles. The van der Waals surface area contributed by atoms with E-state index in [-0.39, 0.29) is 36.3 Å². The molecule has 0 radical (unpaired) electrons. The van der Waals surface area contributed by atoms with E-state index in [9.17, 15) is 18.8 Å². The van der Waals surface area contributed by atoms with Crippen LogP contribution in [0.3, 0.4) is 0 Å². The number of anilines is 1. The highest BCUT2D eigenvalue weighted by molar-refractivity contribution is 5.95. The molecule has 2 N–H and O–H groups in total. The number of nitrogens with one attached hydrogen (secondary N) is 2. The van der Waals surface area contributed by atoms with Crippen molar-refractivity contribution in [1.29, 1.82) is 0 Å². The van der Waals surface area contributed by atoms with Crippen molar-refractivity contribution in [2.45, 2.75) is 13.5 Å². The summed E-state index contributed by atoms with van der Waals surface area (Å²) in [7, 11) is 0. The molecule has 2 amide bonds. The third kappa shape index (κ3) is 5.35. The Morgan fingerprint density at radius 1 is 1.07 bits per heavy atom. The van der Waals surface area contributed by atoms with E-state index >= 15 is 0 Å². The molecule has 0 atom stereocenters. The third-order valence-electron chi connectivity index (χ3n) is 4.13. The van der Waals surface area contributed by atoms with E-state index in [1.807, 2.05) is 0 Å². The summed E-state index contributed by atoms with van der Waals surface area (Å²) in [6.07, 6.45) is 1.40. The van der Waals surface area contributed by atoms with Crippen molar-refractivity contribution in [3.05, 3.63) is 82.7 Å². The molecule has 29 heavy (non-hydrogen) atoms. The van der Waals surface area contributed by atoms with Crippen LogP contribution in [0.5, 0.6) is 0 Å². The Balaban J connectivity index is 1.57. The first-order chi connectivity index (χ1) is 13.9. The largest absolute Gasteiger partial charge is 0.350 e. The molecule has 0 aliphatic rings. The zero-order valence-electron chi connectivity index (χ0n) is 15.7. The molecule has 2 aromatic carbocycles. The smallest absolute Gasteiger partial charge is 0.253 e. The molecule has 0 aliphatic heterocycles. The van der Waals surface area contributed by atoms with E-state index in [2.05, 4.69) is 15.6 Å². The van der Waals surface area contributed by atoms with E-state index in [0.29, 0.717) is 22.5 Å². The standard InChI is InChI=1S/C21H19FN4O3/c1-14(27)25-18-8-4-16(5-9-18)21(29)23-10-11-26-13-24-19(12-20(26)28)15-2-6-17(22)7-3-15/h2-9,12-13H,10-11H2,1H3,(H,23,29)(H,25,27). The molecular weight excluding hydrogens is 375 g/mol. The molecule has 0 bridgehead atoms. The summed E-state index contributed by atoms with van der Waals surface area (Å²) < 4.78 is 14.4. The number of rotatable bonds is 6. The molecule has 8 heteroatoms. The van der Waals surface area contributed by atoms with Crippen molar-refractivity contribution in [2.75, 3.05) is 11.9 Å². The van der Waals surface area contributed by atoms with Crippen molar-refractivity contribution < 1.29 is 14.0 Å². The van der Waals surface area contributed by atoms with Crippen LogP contribution in [0, 0.1) is 5.82 Å². The minimum absolute atomic E-state index is 0.188. The highest BCUT2D eigenvalue weighted by Gasteiger charge is 2.07. The van der Waals surface area contributed by atoms with E-state index in [0.717, 1.165) is 0 Å². The number of nitrogens with zero attached hydrogens (tertiary/aromatic N) is 2. The molecular formula is C21H19FN4O3. The van der Waals surface area contributed by atoms with Gasteiger partial charge in [-0.2, -0.15) is 0 Å². The molecule has 0 aliphatic carbocycles. The molecule has 0 saturated carbocycles. The van der Waals surface area contributed by atoms with Gasteiger partial charge in [0.1, 0.15) is 5.82 Å².